The SMILES string of the molecule is N[C@H]1CC[C@H](Nn2ccncc2=O)C1. The number of nitrogens with one attached hydrogen (secondary N) is 1. The second-order valence-electron chi connectivity index (χ2n) is 3.68. The summed E-state index contributed by atoms with van der Waals surface area (Å²) in [4.78, 5) is 15.0. The van der Waals surface area contributed by atoms with Crippen LogP contribution in [0.4, 0.5) is 0 Å². The molecular formula is C9H14N4O. The first-order chi connectivity index (χ1) is 6.75. The van der Waals surface area contributed by atoms with Gasteiger partial charge in [0.2, 0.25) is 0 Å². The van der Waals surface area contributed by atoms with Crippen molar-refractivity contribution in [2.75, 3.05) is 5.43 Å². The molecule has 1 aliphatic carbocycles. The molecule has 0 bridgehead atoms. The molecule has 0 amide bonds. The van der Waals surface area contributed by atoms with Crippen molar-refractivity contribution in [2.24, 2.45) is 5.73 Å². The Morgan fingerprint density at radius 1 is 1.57 bits per heavy atom. The highest BCUT2D eigenvalue weighted by atomic mass is 16.1. The largest absolute Gasteiger partial charge is 0.328 e. The molecule has 0 unspecified atom stereocenters. The van der Waals surface area contributed by atoms with Gasteiger partial charge in [-0.25, -0.2) is 4.68 Å². The van der Waals surface area contributed by atoms with Crippen LogP contribution >= 0.6 is 0 Å². The standard InChI is InChI=1S/C9H14N4O/c10-7-1-2-8(5-7)12-13-4-3-11-6-9(13)14/h3-4,6-8,12H,1-2,5,10H2/t7-,8-/m0/s1. The van der Waals surface area contributed by atoms with Crippen molar-refractivity contribution in [1.82, 2.24) is 9.66 Å². The summed E-state index contributed by atoms with van der Waals surface area (Å²) >= 11 is 0. The van der Waals surface area contributed by atoms with Gasteiger partial charge in [-0.2, -0.15) is 0 Å². The Balaban J connectivity index is 2.04. The summed E-state index contributed by atoms with van der Waals surface area (Å²) in [5, 5.41) is 0. The van der Waals surface area contributed by atoms with Gasteiger partial charge in [0.25, 0.3) is 5.56 Å². The fraction of sp³-hybridized carbons (Fsp3) is 0.556. The molecule has 76 valence electrons. The van der Waals surface area contributed by atoms with Crippen LogP contribution in [-0.2, 0) is 0 Å². The van der Waals surface area contributed by atoms with Gasteiger partial charge in [0.15, 0.2) is 0 Å². The average Bonchev–Trinajstić information content (AvgIpc) is 2.56. The van der Waals surface area contributed by atoms with Crippen LogP contribution in [0.3, 0.4) is 0 Å². The Bertz CT molecular complexity index is 362. The quantitative estimate of drug-likeness (QED) is 0.676. The van der Waals surface area contributed by atoms with E-state index < -0.39 is 0 Å². The van der Waals surface area contributed by atoms with Gasteiger partial charge in [0, 0.05) is 24.5 Å². The van der Waals surface area contributed by atoms with Crippen LogP contribution < -0.4 is 16.7 Å². The van der Waals surface area contributed by atoms with Crippen molar-refractivity contribution in [3.05, 3.63) is 28.9 Å². The minimum atomic E-state index is -0.132. The van der Waals surface area contributed by atoms with Gasteiger partial charge in [-0.1, -0.05) is 0 Å². The fourth-order valence-electron chi connectivity index (χ4n) is 1.78. The molecule has 3 N–H and O–H groups in total. The van der Waals surface area contributed by atoms with Crippen molar-refractivity contribution in [3.8, 4) is 0 Å². The number of nitrogens with two attached hydrogens (primary N) is 1. The molecule has 1 fully saturated rings. The second-order valence-corrected chi connectivity index (χ2v) is 3.68. The Kier molecular flexibility index (Phi) is 2.49. The van der Waals surface area contributed by atoms with E-state index in [9.17, 15) is 4.79 Å². The van der Waals surface area contributed by atoms with Gasteiger partial charge in [0.1, 0.15) is 0 Å². The van der Waals surface area contributed by atoms with Gasteiger partial charge < -0.3 is 11.2 Å². The highest BCUT2D eigenvalue weighted by Gasteiger charge is 2.21. The topological polar surface area (TPSA) is 72.9 Å². The molecule has 5 nitrogen and oxygen atoms in total. The van der Waals surface area contributed by atoms with Crippen molar-refractivity contribution in [2.45, 2.75) is 31.3 Å². The second kappa shape index (κ2) is 3.79. The minimum Gasteiger partial charge on any atom is -0.328 e. The van der Waals surface area contributed by atoms with Gasteiger partial charge in [-0.05, 0) is 19.3 Å². The molecule has 5 heteroatoms. The van der Waals surface area contributed by atoms with Gasteiger partial charge in [0.05, 0.1) is 6.20 Å². The molecule has 0 aliphatic heterocycles. The van der Waals surface area contributed by atoms with Crippen LogP contribution in [0.25, 0.3) is 0 Å². The van der Waals surface area contributed by atoms with E-state index in [-0.39, 0.29) is 11.6 Å². The first-order valence-electron chi connectivity index (χ1n) is 4.80. The minimum absolute atomic E-state index is 0.132. The van der Waals surface area contributed by atoms with E-state index >= 15 is 0 Å². The summed E-state index contributed by atoms with van der Waals surface area (Å²) in [6.07, 6.45) is 7.49. The van der Waals surface area contributed by atoms with Gasteiger partial charge in [-0.15, -0.1) is 0 Å². The number of nitrogens with zero attached hydrogens (tertiary/aromatic N) is 2. The van der Waals surface area contributed by atoms with Gasteiger partial charge in [-0.3, -0.25) is 9.78 Å². The third kappa shape index (κ3) is 1.93. The van der Waals surface area contributed by atoms with Crippen LogP contribution in [0.2, 0.25) is 0 Å². The van der Waals surface area contributed by atoms with E-state index in [1.54, 1.807) is 12.4 Å². The van der Waals surface area contributed by atoms with Crippen molar-refractivity contribution >= 4 is 0 Å². The maximum absolute atomic E-state index is 11.3. The summed E-state index contributed by atoms with van der Waals surface area (Å²) in [5.41, 5.74) is 8.77. The lowest BCUT2D eigenvalue weighted by molar-refractivity contribution is 0.624. The van der Waals surface area contributed by atoms with E-state index in [1.807, 2.05) is 0 Å². The Labute approximate surface area is 81.9 Å². The molecule has 2 rings (SSSR count). The molecule has 14 heavy (non-hydrogen) atoms. The Morgan fingerprint density at radius 2 is 2.43 bits per heavy atom. The van der Waals surface area contributed by atoms with E-state index in [1.165, 1.54) is 10.9 Å². The molecule has 1 saturated carbocycles. The number of hydrogen-bond acceptors (Lipinski definition) is 4. The molecule has 0 aromatic carbocycles. The summed E-state index contributed by atoms with van der Waals surface area (Å²) in [6, 6.07) is 0.579. The average molecular weight is 194 g/mol. The van der Waals surface area contributed by atoms with Gasteiger partial charge >= 0.3 is 0 Å². The smallest absolute Gasteiger partial charge is 0.287 e. The lowest BCUT2D eigenvalue weighted by Crippen LogP contribution is -2.34. The van der Waals surface area contributed by atoms with Crippen LogP contribution in [0, 0.1) is 0 Å². The maximum atomic E-state index is 11.3. The fourth-order valence-corrected chi connectivity index (χ4v) is 1.78. The molecule has 0 radical (unpaired) electrons. The first kappa shape index (κ1) is 9.21. The van der Waals surface area contributed by atoms with Crippen LogP contribution in [-0.4, -0.2) is 21.7 Å². The van der Waals surface area contributed by atoms with E-state index in [4.69, 9.17) is 5.73 Å². The van der Waals surface area contributed by atoms with Crippen LogP contribution in [0.15, 0.2) is 23.4 Å². The zero-order valence-electron chi connectivity index (χ0n) is 7.89. The molecule has 2 atom stereocenters. The van der Waals surface area contributed by atoms with Crippen molar-refractivity contribution in [1.29, 1.82) is 0 Å². The maximum Gasteiger partial charge on any atom is 0.287 e. The van der Waals surface area contributed by atoms with E-state index in [0.717, 1.165) is 19.3 Å². The molecule has 1 aliphatic rings. The summed E-state index contributed by atoms with van der Waals surface area (Å²) in [6.45, 7) is 0. The Morgan fingerprint density at radius 3 is 3.07 bits per heavy atom. The highest BCUT2D eigenvalue weighted by molar-refractivity contribution is 4.94. The molecule has 0 spiro atoms. The molecule has 1 heterocycles. The summed E-state index contributed by atoms with van der Waals surface area (Å²) < 4.78 is 1.47. The molecule has 1 aromatic rings. The normalized spacial score (nSPS) is 26.4. The molecule has 1 aromatic heterocycles. The first-order valence-corrected chi connectivity index (χ1v) is 4.80. The summed E-state index contributed by atoms with van der Waals surface area (Å²) in [5.74, 6) is 0. The highest BCUT2D eigenvalue weighted by Crippen LogP contribution is 2.17. The third-order valence-corrected chi connectivity index (χ3v) is 2.52. The van der Waals surface area contributed by atoms with Crippen LogP contribution in [0.5, 0.6) is 0 Å². The summed E-state index contributed by atoms with van der Waals surface area (Å²) in [7, 11) is 0. The zero-order chi connectivity index (χ0) is 9.97. The molecule has 0 saturated heterocycles. The molecular weight excluding hydrogens is 180 g/mol. The lowest BCUT2D eigenvalue weighted by atomic mass is 10.2. The monoisotopic (exact) mass is 194 g/mol. The predicted octanol–water partition coefficient (Wildman–Crippen LogP) is -0.333. The van der Waals surface area contributed by atoms with Crippen LogP contribution in [0.1, 0.15) is 19.3 Å². The zero-order valence-corrected chi connectivity index (χ0v) is 7.89. The third-order valence-electron chi connectivity index (χ3n) is 2.52. The predicted molar refractivity (Wildman–Crippen MR) is 53.5 cm³/mol. The van der Waals surface area contributed by atoms with E-state index in [0.29, 0.717) is 6.04 Å². The van der Waals surface area contributed by atoms with Crippen molar-refractivity contribution < 1.29 is 0 Å². The Hall–Kier alpha value is -1.36. The lowest BCUT2D eigenvalue weighted by Gasteiger charge is -2.14. The van der Waals surface area contributed by atoms with E-state index in [2.05, 4.69) is 10.4 Å². The van der Waals surface area contributed by atoms with Crippen molar-refractivity contribution in [3.63, 3.8) is 0 Å². The number of aromatic nitrogens is 2. The number of hydrogen-bond donors (Lipinski definition) is 2. The number of rotatable bonds is 2.